The Balaban J connectivity index is 2.04. The second kappa shape index (κ2) is 7.19. The summed E-state index contributed by atoms with van der Waals surface area (Å²) >= 11 is 0. The maximum atomic E-state index is 11.5. The third-order valence-electron chi connectivity index (χ3n) is 3.28. The summed E-state index contributed by atoms with van der Waals surface area (Å²) in [5.74, 6) is 0.243. The van der Waals surface area contributed by atoms with Gasteiger partial charge in [0, 0.05) is 19.7 Å². The van der Waals surface area contributed by atoms with E-state index < -0.39 is 5.97 Å². The van der Waals surface area contributed by atoms with E-state index in [9.17, 15) is 4.79 Å². The van der Waals surface area contributed by atoms with Crippen LogP contribution in [0.4, 0.5) is 5.82 Å². The Labute approximate surface area is 119 Å². The number of hydrogen-bond acceptors (Lipinski definition) is 6. The van der Waals surface area contributed by atoms with Crippen molar-refractivity contribution in [2.45, 2.75) is 32.3 Å². The van der Waals surface area contributed by atoms with Gasteiger partial charge in [-0.2, -0.15) is 0 Å². The van der Waals surface area contributed by atoms with Gasteiger partial charge in [-0.1, -0.05) is 6.92 Å². The van der Waals surface area contributed by atoms with Crippen LogP contribution in [0.5, 0.6) is 0 Å². The summed E-state index contributed by atoms with van der Waals surface area (Å²) < 4.78 is 10.5. The maximum absolute atomic E-state index is 11.5. The molecule has 1 fully saturated rings. The second-order valence-corrected chi connectivity index (χ2v) is 4.84. The quantitative estimate of drug-likeness (QED) is 0.764. The molecule has 1 saturated heterocycles. The molecule has 0 spiro atoms. The van der Waals surface area contributed by atoms with Gasteiger partial charge in [-0.05, 0) is 19.3 Å². The average molecular weight is 279 g/mol. The molecule has 6 nitrogen and oxygen atoms in total. The molecular weight excluding hydrogens is 258 g/mol. The third-order valence-corrected chi connectivity index (χ3v) is 3.28. The minimum Gasteiger partial charge on any atom is -0.464 e. The van der Waals surface area contributed by atoms with E-state index in [4.69, 9.17) is 4.74 Å². The Morgan fingerprint density at radius 3 is 3.10 bits per heavy atom. The fourth-order valence-electron chi connectivity index (χ4n) is 2.28. The van der Waals surface area contributed by atoms with Crippen LogP contribution in [-0.4, -0.2) is 48.8 Å². The van der Waals surface area contributed by atoms with Crippen LogP contribution in [0.3, 0.4) is 0 Å². The van der Waals surface area contributed by atoms with Crippen molar-refractivity contribution in [2.24, 2.45) is 0 Å². The van der Waals surface area contributed by atoms with E-state index in [0.29, 0.717) is 5.82 Å². The number of anilines is 1. The normalized spacial score (nSPS) is 18.9. The van der Waals surface area contributed by atoms with Crippen LogP contribution in [0.2, 0.25) is 0 Å². The standard InChI is InChI=1S/C14H21N3O3/c1-3-7-20-11-5-4-6-17(10-11)13-9-15-8-12(16-13)14(18)19-2/h8-9,11H,3-7,10H2,1-2H3. The molecular formula is C14H21N3O3. The number of aromatic nitrogens is 2. The van der Waals surface area contributed by atoms with E-state index in [1.54, 1.807) is 6.20 Å². The summed E-state index contributed by atoms with van der Waals surface area (Å²) in [5, 5.41) is 0. The summed E-state index contributed by atoms with van der Waals surface area (Å²) in [6.07, 6.45) is 6.47. The van der Waals surface area contributed by atoms with Crippen LogP contribution in [0.15, 0.2) is 12.4 Å². The molecule has 0 aromatic carbocycles. The van der Waals surface area contributed by atoms with Gasteiger partial charge in [-0.25, -0.2) is 9.78 Å². The monoisotopic (exact) mass is 279 g/mol. The predicted octanol–water partition coefficient (Wildman–Crippen LogP) is 1.66. The highest BCUT2D eigenvalue weighted by atomic mass is 16.5. The van der Waals surface area contributed by atoms with E-state index in [1.165, 1.54) is 13.3 Å². The molecule has 1 aromatic rings. The molecule has 0 aliphatic carbocycles. The van der Waals surface area contributed by atoms with Crippen molar-refractivity contribution < 1.29 is 14.3 Å². The number of ether oxygens (including phenoxy) is 2. The molecule has 1 aliphatic heterocycles. The lowest BCUT2D eigenvalue weighted by Crippen LogP contribution is -2.40. The second-order valence-electron chi connectivity index (χ2n) is 4.84. The maximum Gasteiger partial charge on any atom is 0.358 e. The highest BCUT2D eigenvalue weighted by Gasteiger charge is 2.22. The van der Waals surface area contributed by atoms with Gasteiger partial charge in [0.1, 0.15) is 5.82 Å². The summed E-state index contributed by atoms with van der Waals surface area (Å²) in [7, 11) is 1.34. The van der Waals surface area contributed by atoms with Crippen LogP contribution in [-0.2, 0) is 9.47 Å². The number of methoxy groups -OCH3 is 1. The van der Waals surface area contributed by atoms with Gasteiger partial charge in [-0.15, -0.1) is 0 Å². The van der Waals surface area contributed by atoms with Crippen molar-refractivity contribution in [3.63, 3.8) is 0 Å². The first-order valence-electron chi connectivity index (χ1n) is 7.01. The number of carbonyl (C=O) groups is 1. The lowest BCUT2D eigenvalue weighted by atomic mass is 10.1. The number of carbonyl (C=O) groups excluding carboxylic acids is 1. The molecule has 1 aliphatic rings. The predicted molar refractivity (Wildman–Crippen MR) is 74.8 cm³/mol. The Morgan fingerprint density at radius 2 is 2.35 bits per heavy atom. The van der Waals surface area contributed by atoms with Crippen LogP contribution in [0.25, 0.3) is 0 Å². The van der Waals surface area contributed by atoms with Gasteiger partial charge in [0.25, 0.3) is 0 Å². The number of nitrogens with zero attached hydrogens (tertiary/aromatic N) is 3. The minimum atomic E-state index is -0.463. The van der Waals surface area contributed by atoms with Crippen molar-refractivity contribution in [3.8, 4) is 0 Å². The van der Waals surface area contributed by atoms with Crippen molar-refractivity contribution in [1.82, 2.24) is 9.97 Å². The van der Waals surface area contributed by atoms with Crippen molar-refractivity contribution >= 4 is 11.8 Å². The summed E-state index contributed by atoms with van der Waals surface area (Å²) in [6.45, 7) is 4.59. The fourth-order valence-corrected chi connectivity index (χ4v) is 2.28. The number of piperidine rings is 1. The lowest BCUT2D eigenvalue weighted by molar-refractivity contribution is 0.0439. The third kappa shape index (κ3) is 3.66. The Kier molecular flexibility index (Phi) is 5.29. The van der Waals surface area contributed by atoms with E-state index in [0.717, 1.165) is 39.0 Å². The topological polar surface area (TPSA) is 64.5 Å². The molecule has 0 saturated carbocycles. The Morgan fingerprint density at radius 1 is 1.50 bits per heavy atom. The fraction of sp³-hybridized carbons (Fsp3) is 0.643. The molecule has 2 rings (SSSR count). The van der Waals surface area contributed by atoms with Crippen molar-refractivity contribution in [1.29, 1.82) is 0 Å². The number of rotatable bonds is 5. The molecule has 0 N–H and O–H groups in total. The molecule has 20 heavy (non-hydrogen) atoms. The van der Waals surface area contributed by atoms with Crippen LogP contribution in [0.1, 0.15) is 36.7 Å². The molecule has 1 aromatic heterocycles. The molecule has 1 unspecified atom stereocenters. The first-order valence-corrected chi connectivity index (χ1v) is 7.01. The summed E-state index contributed by atoms with van der Waals surface area (Å²) in [5.41, 5.74) is 0.238. The molecule has 0 amide bonds. The number of hydrogen-bond donors (Lipinski definition) is 0. The highest BCUT2D eigenvalue weighted by molar-refractivity contribution is 5.87. The zero-order valence-electron chi connectivity index (χ0n) is 12.0. The smallest absolute Gasteiger partial charge is 0.358 e. The zero-order valence-corrected chi connectivity index (χ0v) is 12.0. The largest absolute Gasteiger partial charge is 0.464 e. The van der Waals surface area contributed by atoms with Crippen molar-refractivity contribution in [3.05, 3.63) is 18.1 Å². The highest BCUT2D eigenvalue weighted by Crippen LogP contribution is 2.19. The van der Waals surface area contributed by atoms with Gasteiger partial charge in [-0.3, -0.25) is 4.98 Å². The Hall–Kier alpha value is -1.69. The van der Waals surface area contributed by atoms with E-state index >= 15 is 0 Å². The zero-order chi connectivity index (χ0) is 14.4. The van der Waals surface area contributed by atoms with Crippen LogP contribution >= 0.6 is 0 Å². The molecule has 2 heterocycles. The molecule has 0 bridgehead atoms. The van der Waals surface area contributed by atoms with Gasteiger partial charge in [0.15, 0.2) is 5.69 Å². The SMILES string of the molecule is CCCOC1CCCN(c2cncc(C(=O)OC)n2)C1. The molecule has 6 heteroatoms. The van der Waals surface area contributed by atoms with E-state index in [1.807, 2.05) is 0 Å². The molecule has 0 radical (unpaired) electrons. The van der Waals surface area contributed by atoms with E-state index in [2.05, 4.69) is 26.5 Å². The minimum absolute atomic E-state index is 0.229. The number of esters is 1. The van der Waals surface area contributed by atoms with Gasteiger partial charge >= 0.3 is 5.97 Å². The summed E-state index contributed by atoms with van der Waals surface area (Å²) in [4.78, 5) is 22.0. The van der Waals surface area contributed by atoms with Crippen LogP contribution < -0.4 is 4.90 Å². The van der Waals surface area contributed by atoms with Gasteiger partial charge < -0.3 is 14.4 Å². The summed E-state index contributed by atoms with van der Waals surface area (Å²) in [6, 6.07) is 0. The van der Waals surface area contributed by atoms with Crippen LogP contribution in [0, 0.1) is 0 Å². The molecule has 110 valence electrons. The first kappa shape index (κ1) is 14.7. The van der Waals surface area contributed by atoms with Gasteiger partial charge in [0.2, 0.25) is 0 Å². The van der Waals surface area contributed by atoms with Crippen molar-refractivity contribution in [2.75, 3.05) is 31.7 Å². The lowest BCUT2D eigenvalue weighted by Gasteiger charge is -2.33. The first-order chi connectivity index (χ1) is 9.74. The average Bonchev–Trinajstić information content (AvgIpc) is 2.52. The Bertz CT molecular complexity index is 453. The van der Waals surface area contributed by atoms with Gasteiger partial charge in [0.05, 0.1) is 25.6 Å². The van der Waals surface area contributed by atoms with E-state index in [-0.39, 0.29) is 11.8 Å². The molecule has 1 atom stereocenters.